The summed E-state index contributed by atoms with van der Waals surface area (Å²) in [6.45, 7) is 1.70. The van der Waals surface area contributed by atoms with Gasteiger partial charge in [-0.1, -0.05) is 213 Å². The van der Waals surface area contributed by atoms with E-state index >= 15 is 0 Å². The molecule has 3 aliphatic carbocycles. The number of carboxylic acid groups (broad SMARTS) is 2. The average molecular weight is 1490 g/mol. The quantitative estimate of drug-likeness (QED) is 0.00821. The van der Waals surface area contributed by atoms with Gasteiger partial charge in [0.1, 0.15) is 23.9 Å². The van der Waals surface area contributed by atoms with Crippen molar-refractivity contribution in [2.75, 3.05) is 41.2 Å². The zero-order valence-electron chi connectivity index (χ0n) is 62.9. The zero-order chi connectivity index (χ0) is 77.8. The summed E-state index contributed by atoms with van der Waals surface area (Å²) in [6, 6.07) is 68.7. The topological polar surface area (TPSA) is 287 Å². The number of carbonyl (C=O) groups is 3. The van der Waals surface area contributed by atoms with E-state index in [1.807, 2.05) is 237 Å². The number of unbranched alkanes of at least 4 members (excludes halogenated alkanes) is 3. The number of esters is 1. The van der Waals surface area contributed by atoms with Gasteiger partial charge in [0.2, 0.25) is 0 Å². The third-order valence-corrected chi connectivity index (χ3v) is 19.0. The molecule has 3 saturated carbocycles. The number of rotatable bonds is 33. The molecule has 8 N–H and O–H groups in total. The van der Waals surface area contributed by atoms with Crippen molar-refractivity contribution in [3.8, 4) is 17.2 Å². The van der Waals surface area contributed by atoms with Crippen LogP contribution < -0.4 is 14.2 Å². The molecule has 13 atom stereocenters. The Morgan fingerprint density at radius 3 is 1.10 bits per heavy atom. The summed E-state index contributed by atoms with van der Waals surface area (Å²) in [6.07, 6.45) is 15.3. The highest BCUT2D eigenvalue weighted by Crippen LogP contribution is 2.44. The van der Waals surface area contributed by atoms with E-state index in [0.29, 0.717) is 97.0 Å². The number of allylic oxidation sites excluding steroid dienone is 4. The third-order valence-electron chi connectivity index (χ3n) is 19.0. The second-order valence-corrected chi connectivity index (χ2v) is 26.7. The van der Waals surface area contributed by atoms with E-state index in [1.165, 1.54) is 0 Å². The highest BCUT2D eigenvalue weighted by molar-refractivity contribution is 6.08. The monoisotopic (exact) mass is 1490 g/mol. The number of carboxylic acids is 2. The van der Waals surface area contributed by atoms with Gasteiger partial charge in [-0.3, -0.25) is 14.4 Å². The Morgan fingerprint density at radius 1 is 0.407 bits per heavy atom. The number of hydrogen-bond donors (Lipinski definition) is 8. The number of aliphatic hydroxyl groups excluding tert-OH is 6. The molecule has 4 fully saturated rings. The van der Waals surface area contributed by atoms with Crippen molar-refractivity contribution in [1.29, 1.82) is 0 Å². The van der Waals surface area contributed by atoms with Gasteiger partial charge < -0.3 is 78.7 Å². The van der Waals surface area contributed by atoms with Crippen LogP contribution >= 0.6 is 0 Å². The first-order valence-electron chi connectivity index (χ1n) is 37.5. The fourth-order valence-electron chi connectivity index (χ4n) is 13.0. The first kappa shape index (κ1) is 90.1. The van der Waals surface area contributed by atoms with Gasteiger partial charge in [-0.25, -0.2) is 0 Å². The van der Waals surface area contributed by atoms with Crippen LogP contribution in [-0.4, -0.2) is 151 Å². The number of aliphatic carboxylic acids is 2. The van der Waals surface area contributed by atoms with Crippen LogP contribution in [0.2, 0.25) is 6.32 Å². The van der Waals surface area contributed by atoms with Gasteiger partial charge in [0.05, 0.1) is 85.6 Å². The van der Waals surface area contributed by atoms with Gasteiger partial charge in [-0.2, -0.15) is 0 Å². The van der Waals surface area contributed by atoms with Crippen LogP contribution in [0.15, 0.2) is 237 Å². The summed E-state index contributed by atoms with van der Waals surface area (Å²) in [5.74, 6) is 0.631. The minimum atomic E-state index is -0.785. The molecule has 2 radical (unpaired) electrons. The molecule has 7 aromatic rings. The molecule has 1 heterocycles. The number of fused-ring (bicyclic) bond motifs is 1. The summed E-state index contributed by atoms with van der Waals surface area (Å²) in [5, 5.41) is 76.5. The molecule has 19 nitrogen and oxygen atoms in total. The summed E-state index contributed by atoms with van der Waals surface area (Å²) in [7, 11) is 10.0. The minimum absolute atomic E-state index is 0.0121. The SMILES string of the molecule is COc1ccc(CO[C@@H]2CC3OC(O)C[C@@H]3[C@H]2CO)cc1.COc1ccc(CO[C@@H]2C[C@H](O)[C@H](C/C=C\CCCC(=O)O)[C@H]2CO)cc1.COc1ccc(CO[C@@H]2C[C@H](O)[C@H](C/C=C\CCCC(=O)OCc3ccccc3)[C@H]2CO)cc1.[B]CCCCC(=O)O.c1ccccc1.c1ccccc1.c1ccccc1. The first-order valence-corrected chi connectivity index (χ1v) is 37.5. The number of ether oxygens (including phenoxy) is 8. The third kappa shape index (κ3) is 36.1. The van der Waals surface area contributed by atoms with Gasteiger partial charge in [0.15, 0.2) is 6.29 Å². The standard InChI is InChI=1S/C28H36O6.C21H30O6.C16H22O5.3C6H6.C5H9BO2/c1-32-23-15-13-22(14-16-23)19-33-27-17-26(30)24(25(27)18-29)11-7-2-3-8-12-28(31)34-20-21-9-5-4-6-10-21;1-26-16-10-8-15(9-11-16)14-27-20-12-19(23)17(18(20)13-22)6-4-2-3-5-7-21(24)25;1-19-11-4-2-10(3-5-11)9-20-14-7-15-12(13(14)8-17)6-16(18)21-15;3*1-2-4-6-5-3-1;6-4-2-1-3-5(7)8/h2,4-7,9-10,13-16,24-27,29-30H,3,8,11-12,17-20H2,1H3;2,4,8-11,17-20,22-23H,3,5-7,12-14H2,1H3,(H,24,25);2-5,12-18H,6-9H2,1H3;3*1-6H;1-4H2,(H,7,8)/b7-2-;4-2-;;;;;/t24-,25-,26+,27-;17-,18-,19+,20-;12-,13-,14-,15?,16?;;;;/m111..../s1. The molecule has 11 rings (SSSR count). The Hall–Kier alpha value is -8.51. The number of benzene rings is 7. The molecule has 0 aromatic heterocycles. The Morgan fingerprint density at radius 2 is 0.750 bits per heavy atom. The van der Waals surface area contributed by atoms with Crippen molar-refractivity contribution >= 4 is 25.8 Å². The van der Waals surface area contributed by atoms with Gasteiger partial charge in [0, 0.05) is 82.5 Å². The minimum Gasteiger partial charge on any atom is -0.497 e. The largest absolute Gasteiger partial charge is 0.497 e. The van der Waals surface area contributed by atoms with Crippen LogP contribution in [0.1, 0.15) is 119 Å². The number of methoxy groups -OCH3 is 3. The lowest BCUT2D eigenvalue weighted by atomic mass is 9.91. The van der Waals surface area contributed by atoms with Crippen LogP contribution in [0.4, 0.5) is 0 Å². The molecule has 7 aromatic carbocycles. The summed E-state index contributed by atoms with van der Waals surface area (Å²) >= 11 is 0. The second kappa shape index (κ2) is 55.0. The van der Waals surface area contributed by atoms with Crippen molar-refractivity contribution in [3.63, 3.8) is 0 Å². The lowest BCUT2D eigenvalue weighted by molar-refractivity contribution is -0.145. The van der Waals surface area contributed by atoms with E-state index in [1.54, 1.807) is 21.3 Å². The van der Waals surface area contributed by atoms with Crippen molar-refractivity contribution in [2.24, 2.45) is 35.5 Å². The zero-order valence-corrected chi connectivity index (χ0v) is 62.9. The van der Waals surface area contributed by atoms with Gasteiger partial charge >= 0.3 is 17.9 Å². The maximum absolute atomic E-state index is 11.9. The molecule has 0 spiro atoms. The molecule has 1 saturated heterocycles. The molecule has 4 aliphatic rings. The Balaban J connectivity index is 0.000000251. The van der Waals surface area contributed by atoms with Crippen molar-refractivity contribution < 1.29 is 93.1 Å². The van der Waals surface area contributed by atoms with Crippen LogP contribution in [0.3, 0.4) is 0 Å². The highest BCUT2D eigenvalue weighted by atomic mass is 16.6. The molecule has 20 heteroatoms. The number of aliphatic hydroxyl groups is 6. The molecule has 108 heavy (non-hydrogen) atoms. The van der Waals surface area contributed by atoms with Crippen molar-refractivity contribution in [1.82, 2.24) is 0 Å². The second-order valence-electron chi connectivity index (χ2n) is 26.7. The van der Waals surface area contributed by atoms with E-state index in [2.05, 4.69) is 0 Å². The first-order chi connectivity index (χ1) is 52.6. The fraction of sp³-hybridized carbons (Fsp3) is 0.443. The Bertz CT molecular complexity index is 3290. The van der Waals surface area contributed by atoms with Gasteiger partial charge in [-0.05, 0) is 121 Å². The number of carbonyl (C=O) groups excluding carboxylic acids is 1. The molecule has 2 unspecified atom stereocenters. The smallest absolute Gasteiger partial charge is 0.306 e. The van der Waals surface area contributed by atoms with Crippen LogP contribution in [0, 0.1) is 35.5 Å². The predicted octanol–water partition coefficient (Wildman–Crippen LogP) is 14.4. The van der Waals surface area contributed by atoms with Gasteiger partial charge in [0.25, 0.3) is 0 Å². The maximum atomic E-state index is 11.9. The van der Waals surface area contributed by atoms with E-state index in [9.17, 15) is 45.0 Å². The van der Waals surface area contributed by atoms with Crippen molar-refractivity contribution in [2.45, 2.75) is 172 Å². The maximum Gasteiger partial charge on any atom is 0.306 e. The lowest BCUT2D eigenvalue weighted by Crippen LogP contribution is -2.26. The predicted molar refractivity (Wildman–Crippen MR) is 419 cm³/mol. The normalized spacial score (nSPS) is 22.1. The molecule has 1 aliphatic heterocycles. The summed E-state index contributed by atoms with van der Waals surface area (Å²) < 4.78 is 44.2. The van der Waals surface area contributed by atoms with E-state index in [4.69, 9.17) is 56.0 Å². The van der Waals surface area contributed by atoms with E-state index in [-0.39, 0.29) is 98.6 Å². The molecular formula is C88H115BO19. The Labute approximate surface area is 640 Å². The van der Waals surface area contributed by atoms with Crippen LogP contribution in [-0.2, 0) is 64.5 Å². The molecule has 0 bridgehead atoms. The average Bonchev–Trinajstić information content (AvgIpc) is 1.64. The molecule has 584 valence electrons. The van der Waals surface area contributed by atoms with E-state index in [0.717, 1.165) is 58.8 Å². The Kier molecular flexibility index (Phi) is 45.9. The fourth-order valence-corrected chi connectivity index (χ4v) is 13.0. The van der Waals surface area contributed by atoms with E-state index < -0.39 is 30.4 Å². The molecule has 0 amide bonds. The summed E-state index contributed by atoms with van der Waals surface area (Å²) in [4.78, 5) is 32.2. The molecular weight excluding hydrogens is 1370 g/mol. The number of hydrogen-bond acceptors (Lipinski definition) is 17. The lowest BCUT2D eigenvalue weighted by Gasteiger charge is -2.23. The van der Waals surface area contributed by atoms with Crippen molar-refractivity contribution in [3.05, 3.63) is 259 Å². The summed E-state index contributed by atoms with van der Waals surface area (Å²) in [5.41, 5.74) is 4.10. The highest BCUT2D eigenvalue weighted by Gasteiger charge is 2.50. The van der Waals surface area contributed by atoms with Gasteiger partial charge in [-0.15, -0.1) is 0 Å². The van der Waals surface area contributed by atoms with Crippen LogP contribution in [0.5, 0.6) is 17.2 Å². The van der Waals surface area contributed by atoms with Crippen LogP contribution in [0.25, 0.3) is 0 Å².